The second-order valence-electron chi connectivity index (χ2n) is 7.14. The topological polar surface area (TPSA) is 83.6 Å². The number of carbonyl (C=O) groups is 2. The number of aryl methyl sites for hydroxylation is 1. The van der Waals surface area contributed by atoms with Gasteiger partial charge in [0.15, 0.2) is 0 Å². The lowest BCUT2D eigenvalue weighted by Gasteiger charge is -2.32. The van der Waals surface area contributed by atoms with Gasteiger partial charge in [0.2, 0.25) is 0 Å². The van der Waals surface area contributed by atoms with Gasteiger partial charge in [-0.3, -0.25) is 9.78 Å². The number of aromatic nitrogens is 1. The molecule has 3 rings (SSSR count). The third kappa shape index (κ3) is 5.70. The molecular formula is C22H28N4O3. The standard InChI is InChI=1S/C22H28N4O3/c1-3-29-22(28)26-12-9-18(10-13-26)25-19-8-11-23-20(14-19)21(27)24-15-17-7-5-4-6-16(17)2/h4-8,11,14,18H,3,9-10,12-13,15H2,1-2H3,(H,23,25)(H,24,27). The molecule has 1 aliphatic heterocycles. The number of rotatable bonds is 6. The predicted octanol–water partition coefficient (Wildman–Crippen LogP) is 3.35. The first-order valence-electron chi connectivity index (χ1n) is 10.0. The molecule has 7 nitrogen and oxygen atoms in total. The molecule has 2 N–H and O–H groups in total. The Morgan fingerprint density at radius 1 is 1.21 bits per heavy atom. The SMILES string of the molecule is CCOC(=O)N1CCC(Nc2ccnc(C(=O)NCc3ccccc3C)c2)CC1. The van der Waals surface area contributed by atoms with Crippen LogP contribution in [-0.4, -0.2) is 47.6 Å². The molecule has 1 saturated heterocycles. The summed E-state index contributed by atoms with van der Waals surface area (Å²) in [6, 6.07) is 11.8. The third-order valence-electron chi connectivity index (χ3n) is 5.08. The van der Waals surface area contributed by atoms with Gasteiger partial charge in [-0.1, -0.05) is 24.3 Å². The van der Waals surface area contributed by atoms with Crippen molar-refractivity contribution in [3.05, 3.63) is 59.4 Å². The summed E-state index contributed by atoms with van der Waals surface area (Å²) in [7, 11) is 0. The summed E-state index contributed by atoms with van der Waals surface area (Å²) >= 11 is 0. The molecule has 154 valence electrons. The summed E-state index contributed by atoms with van der Waals surface area (Å²) in [5.41, 5.74) is 3.47. The number of amides is 2. The summed E-state index contributed by atoms with van der Waals surface area (Å²) in [4.78, 5) is 30.2. The zero-order valence-corrected chi connectivity index (χ0v) is 17.0. The Kier molecular flexibility index (Phi) is 7.05. The second kappa shape index (κ2) is 9.91. The van der Waals surface area contributed by atoms with Crippen LogP contribution >= 0.6 is 0 Å². The molecule has 1 aliphatic rings. The highest BCUT2D eigenvalue weighted by molar-refractivity contribution is 5.93. The van der Waals surface area contributed by atoms with Crippen LogP contribution in [0.15, 0.2) is 42.6 Å². The van der Waals surface area contributed by atoms with E-state index in [4.69, 9.17) is 4.74 Å². The summed E-state index contributed by atoms with van der Waals surface area (Å²) < 4.78 is 5.05. The van der Waals surface area contributed by atoms with E-state index in [0.717, 1.165) is 29.7 Å². The maximum absolute atomic E-state index is 12.5. The molecule has 0 unspecified atom stereocenters. The van der Waals surface area contributed by atoms with Crippen molar-refractivity contribution in [2.45, 2.75) is 39.3 Å². The average molecular weight is 396 g/mol. The lowest BCUT2D eigenvalue weighted by atomic mass is 10.1. The van der Waals surface area contributed by atoms with Gasteiger partial charge < -0.3 is 20.3 Å². The van der Waals surface area contributed by atoms with Crippen LogP contribution in [0.3, 0.4) is 0 Å². The fourth-order valence-corrected chi connectivity index (χ4v) is 3.38. The smallest absolute Gasteiger partial charge is 0.409 e. The maximum Gasteiger partial charge on any atom is 0.409 e. The fraction of sp³-hybridized carbons (Fsp3) is 0.409. The van der Waals surface area contributed by atoms with Gasteiger partial charge in [0.05, 0.1) is 6.61 Å². The van der Waals surface area contributed by atoms with Crippen LogP contribution in [0.25, 0.3) is 0 Å². The highest BCUT2D eigenvalue weighted by atomic mass is 16.6. The lowest BCUT2D eigenvalue weighted by molar-refractivity contribution is 0.0943. The van der Waals surface area contributed by atoms with Gasteiger partial charge >= 0.3 is 6.09 Å². The first-order valence-corrected chi connectivity index (χ1v) is 10.0. The number of benzene rings is 1. The molecule has 2 amide bonds. The quantitative estimate of drug-likeness (QED) is 0.782. The first kappa shape index (κ1) is 20.6. The van der Waals surface area contributed by atoms with E-state index in [9.17, 15) is 9.59 Å². The van der Waals surface area contributed by atoms with Gasteiger partial charge in [0.1, 0.15) is 5.69 Å². The second-order valence-corrected chi connectivity index (χ2v) is 7.14. The molecule has 7 heteroatoms. The molecule has 0 radical (unpaired) electrons. The molecule has 1 aromatic heterocycles. The molecule has 29 heavy (non-hydrogen) atoms. The molecular weight excluding hydrogens is 368 g/mol. The maximum atomic E-state index is 12.5. The number of pyridine rings is 1. The number of hydrogen-bond donors (Lipinski definition) is 2. The van der Waals surface area contributed by atoms with Crippen LogP contribution < -0.4 is 10.6 Å². The van der Waals surface area contributed by atoms with Crippen LogP contribution in [-0.2, 0) is 11.3 Å². The Balaban J connectivity index is 1.52. The molecule has 1 aromatic carbocycles. The normalized spacial score (nSPS) is 14.3. The van der Waals surface area contributed by atoms with Crippen molar-refractivity contribution in [1.82, 2.24) is 15.2 Å². The van der Waals surface area contributed by atoms with Crippen molar-refractivity contribution in [3.63, 3.8) is 0 Å². The van der Waals surface area contributed by atoms with Crippen molar-refractivity contribution in [2.24, 2.45) is 0 Å². The van der Waals surface area contributed by atoms with Crippen LogP contribution in [0.4, 0.5) is 10.5 Å². The van der Waals surface area contributed by atoms with Crippen molar-refractivity contribution in [2.75, 3.05) is 25.0 Å². The van der Waals surface area contributed by atoms with E-state index < -0.39 is 0 Å². The van der Waals surface area contributed by atoms with Crippen LogP contribution in [0.1, 0.15) is 41.4 Å². The number of hydrogen-bond acceptors (Lipinski definition) is 5. The van der Waals surface area contributed by atoms with Gasteiger partial charge in [0, 0.05) is 37.6 Å². The number of carbonyl (C=O) groups excluding carboxylic acids is 2. The van der Waals surface area contributed by atoms with Gasteiger partial charge in [-0.05, 0) is 49.9 Å². The molecule has 1 fully saturated rings. The zero-order valence-electron chi connectivity index (χ0n) is 17.0. The van der Waals surface area contributed by atoms with Gasteiger partial charge in [-0.15, -0.1) is 0 Å². The van der Waals surface area contributed by atoms with Gasteiger partial charge in [-0.25, -0.2) is 4.79 Å². The minimum Gasteiger partial charge on any atom is -0.450 e. The van der Waals surface area contributed by atoms with Crippen LogP contribution in [0.2, 0.25) is 0 Å². The first-order chi connectivity index (χ1) is 14.1. The number of nitrogens with zero attached hydrogens (tertiary/aromatic N) is 2. The van der Waals surface area contributed by atoms with E-state index in [0.29, 0.717) is 31.9 Å². The number of ether oxygens (including phenoxy) is 1. The summed E-state index contributed by atoms with van der Waals surface area (Å²) in [6.07, 6.45) is 3.05. The Morgan fingerprint density at radius 3 is 2.69 bits per heavy atom. The summed E-state index contributed by atoms with van der Waals surface area (Å²) in [6.45, 7) is 6.01. The minimum absolute atomic E-state index is 0.200. The molecule has 2 aromatic rings. The van der Waals surface area contributed by atoms with E-state index in [1.807, 2.05) is 44.2 Å². The van der Waals surface area contributed by atoms with E-state index in [2.05, 4.69) is 15.6 Å². The van der Waals surface area contributed by atoms with E-state index >= 15 is 0 Å². The largest absolute Gasteiger partial charge is 0.450 e. The van der Waals surface area contributed by atoms with E-state index in [1.165, 1.54) is 0 Å². The van der Waals surface area contributed by atoms with E-state index in [-0.39, 0.29) is 18.0 Å². The highest BCUT2D eigenvalue weighted by Crippen LogP contribution is 2.18. The molecule has 0 spiro atoms. The molecule has 0 saturated carbocycles. The number of nitrogens with one attached hydrogen (secondary N) is 2. The number of likely N-dealkylation sites (tertiary alicyclic amines) is 1. The Hall–Kier alpha value is -3.09. The van der Waals surface area contributed by atoms with E-state index in [1.54, 1.807) is 17.2 Å². The average Bonchev–Trinajstić information content (AvgIpc) is 2.74. The number of piperidine rings is 1. The minimum atomic E-state index is -0.248. The molecule has 0 aliphatic carbocycles. The zero-order chi connectivity index (χ0) is 20.6. The Labute approximate surface area is 171 Å². The number of anilines is 1. The molecule has 0 bridgehead atoms. The van der Waals surface area contributed by atoms with Gasteiger partial charge in [0.25, 0.3) is 5.91 Å². The van der Waals surface area contributed by atoms with Crippen LogP contribution in [0.5, 0.6) is 0 Å². The van der Waals surface area contributed by atoms with Crippen molar-refractivity contribution >= 4 is 17.7 Å². The Bertz CT molecular complexity index is 847. The van der Waals surface area contributed by atoms with Crippen molar-refractivity contribution in [3.8, 4) is 0 Å². The summed E-state index contributed by atoms with van der Waals surface area (Å²) in [5.74, 6) is -0.200. The summed E-state index contributed by atoms with van der Waals surface area (Å²) in [5, 5.41) is 6.38. The van der Waals surface area contributed by atoms with Crippen molar-refractivity contribution < 1.29 is 14.3 Å². The fourth-order valence-electron chi connectivity index (χ4n) is 3.38. The van der Waals surface area contributed by atoms with Gasteiger partial charge in [-0.2, -0.15) is 0 Å². The highest BCUT2D eigenvalue weighted by Gasteiger charge is 2.23. The Morgan fingerprint density at radius 2 is 1.97 bits per heavy atom. The predicted molar refractivity (Wildman–Crippen MR) is 112 cm³/mol. The van der Waals surface area contributed by atoms with Crippen LogP contribution in [0, 0.1) is 6.92 Å². The molecule has 0 atom stereocenters. The molecule has 2 heterocycles. The van der Waals surface area contributed by atoms with Crippen molar-refractivity contribution in [1.29, 1.82) is 0 Å². The lowest BCUT2D eigenvalue weighted by Crippen LogP contribution is -2.42. The third-order valence-corrected chi connectivity index (χ3v) is 5.08. The monoisotopic (exact) mass is 396 g/mol.